The second-order valence-electron chi connectivity index (χ2n) is 4.94. The molecule has 0 bridgehead atoms. The zero-order chi connectivity index (χ0) is 16.8. The molecule has 7 nitrogen and oxygen atoms in total. The molecule has 0 spiro atoms. The standard InChI is InChI=1S/C15H15BrN6OS/c16-11-5-3-10(4-6-11)13(23)20-15-22-21-14(24-15)19-7-1-2-12-17-8-9-18-12/h3-6,8-9H,1-2,7H2,(H,17,18)(H,19,21)(H,20,22,23). The van der Waals surface area contributed by atoms with Crippen LogP contribution in [0.5, 0.6) is 0 Å². The van der Waals surface area contributed by atoms with Gasteiger partial charge in [-0.15, -0.1) is 10.2 Å². The predicted molar refractivity (Wildman–Crippen MR) is 97.4 cm³/mol. The average molecular weight is 407 g/mol. The maximum absolute atomic E-state index is 12.1. The van der Waals surface area contributed by atoms with Gasteiger partial charge in [0.2, 0.25) is 10.3 Å². The summed E-state index contributed by atoms with van der Waals surface area (Å²) < 4.78 is 0.927. The lowest BCUT2D eigenvalue weighted by Crippen LogP contribution is -2.11. The van der Waals surface area contributed by atoms with Gasteiger partial charge in [0.1, 0.15) is 5.82 Å². The van der Waals surface area contributed by atoms with Crippen molar-refractivity contribution in [2.75, 3.05) is 17.2 Å². The van der Waals surface area contributed by atoms with Crippen molar-refractivity contribution < 1.29 is 4.79 Å². The number of hydrogen-bond acceptors (Lipinski definition) is 6. The molecule has 0 atom stereocenters. The van der Waals surface area contributed by atoms with E-state index in [1.165, 1.54) is 11.3 Å². The summed E-state index contributed by atoms with van der Waals surface area (Å²) >= 11 is 4.65. The summed E-state index contributed by atoms with van der Waals surface area (Å²) in [6, 6.07) is 7.13. The van der Waals surface area contributed by atoms with E-state index in [1.54, 1.807) is 18.3 Å². The molecule has 0 aliphatic rings. The first-order chi connectivity index (χ1) is 11.7. The molecule has 3 N–H and O–H groups in total. The lowest BCUT2D eigenvalue weighted by atomic mass is 10.2. The fourth-order valence-corrected chi connectivity index (χ4v) is 2.93. The van der Waals surface area contributed by atoms with Gasteiger partial charge in [0.25, 0.3) is 5.91 Å². The second-order valence-corrected chi connectivity index (χ2v) is 6.83. The van der Waals surface area contributed by atoms with E-state index in [-0.39, 0.29) is 5.91 Å². The van der Waals surface area contributed by atoms with Crippen LogP contribution in [0, 0.1) is 0 Å². The van der Waals surface area contributed by atoms with Crippen LogP contribution in [0.2, 0.25) is 0 Å². The largest absolute Gasteiger partial charge is 0.360 e. The van der Waals surface area contributed by atoms with Crippen molar-refractivity contribution in [1.82, 2.24) is 20.2 Å². The molecule has 0 aliphatic heterocycles. The molecule has 3 aromatic rings. The molecule has 0 saturated heterocycles. The molecular formula is C15H15BrN6OS. The highest BCUT2D eigenvalue weighted by Crippen LogP contribution is 2.21. The molecule has 0 unspecified atom stereocenters. The highest BCUT2D eigenvalue weighted by atomic mass is 79.9. The number of nitrogens with one attached hydrogen (secondary N) is 3. The summed E-state index contributed by atoms with van der Waals surface area (Å²) in [6.07, 6.45) is 5.35. The first-order valence-electron chi connectivity index (χ1n) is 7.33. The summed E-state index contributed by atoms with van der Waals surface area (Å²) in [6.45, 7) is 0.760. The van der Waals surface area contributed by atoms with E-state index in [0.717, 1.165) is 29.7 Å². The van der Waals surface area contributed by atoms with Gasteiger partial charge in [-0.3, -0.25) is 10.1 Å². The third kappa shape index (κ3) is 4.62. The van der Waals surface area contributed by atoms with Crippen LogP contribution in [0.25, 0.3) is 0 Å². The Hall–Kier alpha value is -2.26. The summed E-state index contributed by atoms with van der Waals surface area (Å²) in [5.41, 5.74) is 0.571. The van der Waals surface area contributed by atoms with Crippen molar-refractivity contribution in [3.63, 3.8) is 0 Å². The highest BCUT2D eigenvalue weighted by molar-refractivity contribution is 9.10. The molecule has 1 amide bonds. The molecule has 0 aliphatic carbocycles. The number of nitrogens with zero attached hydrogens (tertiary/aromatic N) is 3. The first-order valence-corrected chi connectivity index (χ1v) is 8.94. The summed E-state index contributed by atoms with van der Waals surface area (Å²) in [5.74, 6) is 0.763. The lowest BCUT2D eigenvalue weighted by molar-refractivity contribution is 0.102. The van der Waals surface area contributed by atoms with E-state index in [9.17, 15) is 4.79 Å². The molecule has 2 aromatic heterocycles. The number of aromatic nitrogens is 4. The number of carbonyl (C=O) groups is 1. The van der Waals surface area contributed by atoms with Gasteiger partial charge in [0.15, 0.2) is 0 Å². The minimum atomic E-state index is -0.206. The summed E-state index contributed by atoms with van der Waals surface area (Å²) in [7, 11) is 0. The Balaban J connectivity index is 1.46. The molecule has 1 aromatic carbocycles. The maximum Gasteiger partial charge on any atom is 0.257 e. The molecule has 3 rings (SSSR count). The van der Waals surface area contributed by atoms with Crippen molar-refractivity contribution in [2.45, 2.75) is 12.8 Å². The van der Waals surface area contributed by atoms with Crippen LogP contribution in [0.4, 0.5) is 10.3 Å². The van der Waals surface area contributed by atoms with Gasteiger partial charge in [-0.25, -0.2) is 4.98 Å². The maximum atomic E-state index is 12.1. The second kappa shape index (κ2) is 8.02. The van der Waals surface area contributed by atoms with Crippen LogP contribution in [0.1, 0.15) is 22.6 Å². The molecular weight excluding hydrogens is 392 g/mol. The Bertz CT molecular complexity index is 787. The van der Waals surface area contributed by atoms with Crippen LogP contribution in [-0.2, 0) is 6.42 Å². The predicted octanol–water partition coefficient (Wildman–Crippen LogP) is 3.32. The third-order valence-corrected chi connectivity index (χ3v) is 4.50. The van der Waals surface area contributed by atoms with Gasteiger partial charge in [0, 0.05) is 35.4 Å². The molecule has 0 radical (unpaired) electrons. The van der Waals surface area contributed by atoms with E-state index >= 15 is 0 Å². The third-order valence-electron chi connectivity index (χ3n) is 3.17. The first kappa shape index (κ1) is 16.6. The lowest BCUT2D eigenvalue weighted by Gasteiger charge is -2.01. The Morgan fingerprint density at radius 2 is 2.00 bits per heavy atom. The minimum Gasteiger partial charge on any atom is -0.360 e. The molecule has 24 heavy (non-hydrogen) atoms. The molecule has 0 saturated carbocycles. The van der Waals surface area contributed by atoms with Gasteiger partial charge >= 0.3 is 0 Å². The number of amides is 1. The van der Waals surface area contributed by atoms with Crippen molar-refractivity contribution in [3.05, 3.63) is 52.5 Å². The Morgan fingerprint density at radius 3 is 2.75 bits per heavy atom. The number of anilines is 2. The Kier molecular flexibility index (Phi) is 5.55. The van der Waals surface area contributed by atoms with Gasteiger partial charge in [-0.2, -0.15) is 0 Å². The van der Waals surface area contributed by atoms with Crippen molar-refractivity contribution >= 4 is 43.4 Å². The van der Waals surface area contributed by atoms with E-state index in [1.807, 2.05) is 18.3 Å². The SMILES string of the molecule is O=C(Nc1nnc(NCCCc2ncc[nH]2)s1)c1ccc(Br)cc1. The molecule has 9 heteroatoms. The number of halogens is 1. The number of imidazole rings is 1. The Morgan fingerprint density at radius 1 is 1.21 bits per heavy atom. The molecule has 2 heterocycles. The van der Waals surface area contributed by atoms with Crippen molar-refractivity contribution in [1.29, 1.82) is 0 Å². The van der Waals surface area contributed by atoms with E-state index < -0.39 is 0 Å². The van der Waals surface area contributed by atoms with E-state index in [2.05, 4.69) is 46.7 Å². The zero-order valence-corrected chi connectivity index (χ0v) is 15.0. The topological polar surface area (TPSA) is 95.6 Å². The number of aryl methyl sites for hydroxylation is 1. The number of rotatable bonds is 7. The summed E-state index contributed by atoms with van der Waals surface area (Å²) in [5, 5.41) is 15.1. The normalized spacial score (nSPS) is 10.5. The zero-order valence-electron chi connectivity index (χ0n) is 12.6. The van der Waals surface area contributed by atoms with Crippen LogP contribution in [-0.4, -0.2) is 32.6 Å². The number of benzene rings is 1. The van der Waals surface area contributed by atoms with Gasteiger partial charge < -0.3 is 10.3 Å². The highest BCUT2D eigenvalue weighted by Gasteiger charge is 2.10. The average Bonchev–Trinajstić information content (AvgIpc) is 3.24. The molecule has 0 fully saturated rings. The number of carbonyl (C=O) groups excluding carboxylic acids is 1. The monoisotopic (exact) mass is 406 g/mol. The van der Waals surface area contributed by atoms with E-state index in [4.69, 9.17) is 0 Å². The van der Waals surface area contributed by atoms with Crippen LogP contribution >= 0.6 is 27.3 Å². The number of H-pyrrole nitrogens is 1. The molecule has 124 valence electrons. The fraction of sp³-hybridized carbons (Fsp3) is 0.200. The smallest absolute Gasteiger partial charge is 0.257 e. The van der Waals surface area contributed by atoms with Gasteiger partial charge in [-0.05, 0) is 30.7 Å². The Labute approximate surface area is 151 Å². The van der Waals surface area contributed by atoms with Crippen molar-refractivity contribution in [3.8, 4) is 0 Å². The summed E-state index contributed by atoms with van der Waals surface area (Å²) in [4.78, 5) is 19.3. The minimum absolute atomic E-state index is 0.206. The van der Waals surface area contributed by atoms with Crippen molar-refractivity contribution in [2.24, 2.45) is 0 Å². The van der Waals surface area contributed by atoms with Gasteiger partial charge in [0.05, 0.1) is 0 Å². The van der Waals surface area contributed by atoms with Crippen LogP contribution in [0.3, 0.4) is 0 Å². The number of hydrogen-bond donors (Lipinski definition) is 3. The van der Waals surface area contributed by atoms with E-state index in [0.29, 0.717) is 15.8 Å². The van der Waals surface area contributed by atoms with Crippen LogP contribution in [0.15, 0.2) is 41.1 Å². The van der Waals surface area contributed by atoms with Crippen LogP contribution < -0.4 is 10.6 Å². The quantitative estimate of drug-likeness (QED) is 0.523. The van der Waals surface area contributed by atoms with Gasteiger partial charge in [-0.1, -0.05) is 27.3 Å². The number of aromatic amines is 1. The fourth-order valence-electron chi connectivity index (χ4n) is 2.00.